The summed E-state index contributed by atoms with van der Waals surface area (Å²) in [5.74, 6) is 0.248. The van der Waals surface area contributed by atoms with Crippen LogP contribution in [0.5, 0.6) is 0 Å². The first kappa shape index (κ1) is 20.7. The number of aromatic nitrogens is 1. The number of carbonyl (C=O) groups excluding carboxylic acids is 1. The van der Waals surface area contributed by atoms with Crippen LogP contribution < -0.4 is 5.32 Å². The van der Waals surface area contributed by atoms with Gasteiger partial charge in [-0.05, 0) is 39.2 Å². The van der Waals surface area contributed by atoms with Crippen molar-refractivity contribution in [3.8, 4) is 0 Å². The number of carbonyl (C=O) groups is 1. The van der Waals surface area contributed by atoms with Crippen molar-refractivity contribution >= 4 is 18.3 Å². The molecule has 5 nitrogen and oxygen atoms in total. The average molecular weight is 395 g/mol. The summed E-state index contributed by atoms with van der Waals surface area (Å²) >= 11 is 0. The number of likely N-dealkylation sites (tertiary alicyclic amines) is 1. The minimum Gasteiger partial charge on any atom is -0.345 e. The number of hydrogen-bond donors (Lipinski definition) is 1. The van der Waals surface area contributed by atoms with Crippen LogP contribution in [0.15, 0.2) is 6.07 Å². The van der Waals surface area contributed by atoms with Crippen LogP contribution in [0.1, 0.15) is 66.3 Å². The van der Waals surface area contributed by atoms with Crippen molar-refractivity contribution < 1.29 is 4.79 Å². The monoisotopic (exact) mass is 394 g/mol. The lowest BCUT2D eigenvalue weighted by atomic mass is 9.95. The fourth-order valence-corrected chi connectivity index (χ4v) is 5.34. The summed E-state index contributed by atoms with van der Waals surface area (Å²) in [4.78, 5) is 17.9. The van der Waals surface area contributed by atoms with Gasteiger partial charge in [-0.15, -0.1) is 12.4 Å². The summed E-state index contributed by atoms with van der Waals surface area (Å²) in [6.07, 6.45) is 7.65. The van der Waals surface area contributed by atoms with E-state index in [1.165, 1.54) is 43.5 Å². The maximum atomic E-state index is 13.2. The SMILES string of the molecule is Cc1cc(C(=O)N2CCC(N3CCNCC3)C2)c(C)n1C1CCCCC1.Cl. The minimum atomic E-state index is 0. The smallest absolute Gasteiger partial charge is 0.255 e. The molecular weight excluding hydrogens is 360 g/mol. The Labute approximate surface area is 169 Å². The van der Waals surface area contributed by atoms with E-state index in [4.69, 9.17) is 0 Å². The molecule has 4 rings (SSSR count). The maximum absolute atomic E-state index is 13.2. The van der Waals surface area contributed by atoms with Gasteiger partial charge in [-0.2, -0.15) is 0 Å². The minimum absolute atomic E-state index is 0. The van der Waals surface area contributed by atoms with Crippen molar-refractivity contribution in [2.45, 2.75) is 64.5 Å². The fourth-order valence-electron chi connectivity index (χ4n) is 5.34. The zero-order chi connectivity index (χ0) is 18.1. The molecule has 152 valence electrons. The second kappa shape index (κ2) is 8.97. The van der Waals surface area contributed by atoms with Crippen LogP contribution >= 0.6 is 12.4 Å². The van der Waals surface area contributed by atoms with E-state index in [1.54, 1.807) is 0 Å². The number of hydrogen-bond acceptors (Lipinski definition) is 3. The van der Waals surface area contributed by atoms with Gasteiger partial charge in [-0.25, -0.2) is 0 Å². The molecule has 1 saturated carbocycles. The lowest BCUT2D eigenvalue weighted by Crippen LogP contribution is -2.49. The largest absolute Gasteiger partial charge is 0.345 e. The van der Waals surface area contributed by atoms with Gasteiger partial charge < -0.3 is 14.8 Å². The molecule has 2 aliphatic heterocycles. The zero-order valence-electron chi connectivity index (χ0n) is 16.9. The van der Waals surface area contributed by atoms with Crippen molar-refractivity contribution in [1.82, 2.24) is 19.7 Å². The summed E-state index contributed by atoms with van der Waals surface area (Å²) in [5.41, 5.74) is 3.38. The molecule has 1 N–H and O–H groups in total. The predicted molar refractivity (Wildman–Crippen MR) is 112 cm³/mol. The van der Waals surface area contributed by atoms with Gasteiger partial charge in [-0.1, -0.05) is 19.3 Å². The number of rotatable bonds is 3. The highest BCUT2D eigenvalue weighted by Gasteiger charge is 2.33. The van der Waals surface area contributed by atoms with Gasteiger partial charge in [0, 0.05) is 62.7 Å². The molecule has 1 aromatic rings. The Morgan fingerprint density at radius 2 is 1.70 bits per heavy atom. The Balaban J connectivity index is 0.00000210. The Hall–Kier alpha value is -1.04. The molecule has 6 heteroatoms. The quantitative estimate of drug-likeness (QED) is 0.856. The fraction of sp³-hybridized carbons (Fsp3) is 0.762. The second-order valence-corrected chi connectivity index (χ2v) is 8.43. The molecule has 0 bridgehead atoms. The van der Waals surface area contributed by atoms with Gasteiger partial charge in [0.15, 0.2) is 0 Å². The molecule has 3 heterocycles. The van der Waals surface area contributed by atoms with Gasteiger partial charge in [0.1, 0.15) is 0 Å². The highest BCUT2D eigenvalue weighted by atomic mass is 35.5. The van der Waals surface area contributed by atoms with E-state index in [1.807, 2.05) is 0 Å². The molecule has 0 spiro atoms. The van der Waals surface area contributed by atoms with E-state index in [-0.39, 0.29) is 18.3 Å². The molecule has 1 unspecified atom stereocenters. The van der Waals surface area contributed by atoms with Crippen molar-refractivity contribution in [2.75, 3.05) is 39.3 Å². The summed E-state index contributed by atoms with van der Waals surface area (Å²) < 4.78 is 2.45. The first-order chi connectivity index (χ1) is 12.6. The summed E-state index contributed by atoms with van der Waals surface area (Å²) in [5, 5.41) is 3.42. The van der Waals surface area contributed by atoms with Crippen molar-refractivity contribution in [3.63, 3.8) is 0 Å². The van der Waals surface area contributed by atoms with Gasteiger partial charge in [-0.3, -0.25) is 9.69 Å². The third-order valence-electron chi connectivity index (χ3n) is 6.77. The van der Waals surface area contributed by atoms with Crippen LogP contribution in [0.25, 0.3) is 0 Å². The van der Waals surface area contributed by atoms with Crippen molar-refractivity contribution in [1.29, 1.82) is 0 Å². The molecule has 1 atom stereocenters. The van der Waals surface area contributed by atoms with E-state index in [0.29, 0.717) is 12.1 Å². The Morgan fingerprint density at radius 1 is 1.00 bits per heavy atom. The lowest BCUT2D eigenvalue weighted by molar-refractivity contribution is 0.0772. The van der Waals surface area contributed by atoms with Crippen LogP contribution in [-0.4, -0.2) is 65.6 Å². The third-order valence-corrected chi connectivity index (χ3v) is 6.77. The number of nitrogens with one attached hydrogen (secondary N) is 1. The number of piperazine rings is 1. The molecule has 3 aliphatic rings. The Morgan fingerprint density at radius 3 is 2.41 bits per heavy atom. The molecule has 3 fully saturated rings. The van der Waals surface area contributed by atoms with Crippen molar-refractivity contribution in [2.24, 2.45) is 0 Å². The molecule has 27 heavy (non-hydrogen) atoms. The number of amides is 1. The highest BCUT2D eigenvalue weighted by molar-refractivity contribution is 5.96. The Kier molecular flexibility index (Phi) is 6.88. The lowest BCUT2D eigenvalue weighted by Gasteiger charge is -2.32. The van der Waals surface area contributed by atoms with Crippen LogP contribution in [0, 0.1) is 13.8 Å². The molecular formula is C21H35ClN4O. The summed E-state index contributed by atoms with van der Waals surface area (Å²) in [6, 6.07) is 3.28. The van der Waals surface area contributed by atoms with E-state index < -0.39 is 0 Å². The van der Waals surface area contributed by atoms with Crippen LogP contribution in [0.2, 0.25) is 0 Å². The van der Waals surface area contributed by atoms with Gasteiger partial charge in [0.05, 0.1) is 5.56 Å². The van der Waals surface area contributed by atoms with E-state index in [2.05, 4.69) is 39.6 Å². The van der Waals surface area contributed by atoms with Crippen molar-refractivity contribution in [3.05, 3.63) is 23.0 Å². The third kappa shape index (κ3) is 4.20. The first-order valence-corrected chi connectivity index (χ1v) is 10.6. The summed E-state index contributed by atoms with van der Waals surface area (Å²) in [6.45, 7) is 10.5. The molecule has 2 saturated heterocycles. The molecule has 1 amide bonds. The summed E-state index contributed by atoms with van der Waals surface area (Å²) in [7, 11) is 0. The van der Waals surface area contributed by atoms with E-state index in [0.717, 1.165) is 51.3 Å². The first-order valence-electron chi connectivity index (χ1n) is 10.6. The normalized spacial score (nSPS) is 24.8. The van der Waals surface area contributed by atoms with E-state index in [9.17, 15) is 4.79 Å². The topological polar surface area (TPSA) is 40.5 Å². The maximum Gasteiger partial charge on any atom is 0.255 e. The van der Waals surface area contributed by atoms with Gasteiger partial charge in [0.25, 0.3) is 5.91 Å². The Bertz CT molecular complexity index is 647. The number of nitrogens with zero attached hydrogens (tertiary/aromatic N) is 3. The van der Waals surface area contributed by atoms with Gasteiger partial charge >= 0.3 is 0 Å². The van der Waals surface area contributed by atoms with Crippen LogP contribution in [-0.2, 0) is 0 Å². The number of halogens is 1. The van der Waals surface area contributed by atoms with Crippen LogP contribution in [0.3, 0.4) is 0 Å². The molecule has 1 aromatic heterocycles. The molecule has 0 radical (unpaired) electrons. The zero-order valence-corrected chi connectivity index (χ0v) is 17.7. The standard InChI is InChI=1S/C21H34N4O.ClH/c1-16-14-20(17(2)25(16)18-6-4-3-5-7-18)21(26)24-11-8-19(15-24)23-12-9-22-10-13-23;/h14,18-19,22H,3-13,15H2,1-2H3;1H. The average Bonchev–Trinajstić information content (AvgIpc) is 3.28. The van der Waals surface area contributed by atoms with Crippen LogP contribution in [0.4, 0.5) is 0 Å². The highest BCUT2D eigenvalue weighted by Crippen LogP contribution is 2.33. The van der Waals surface area contributed by atoms with Gasteiger partial charge in [0.2, 0.25) is 0 Å². The van der Waals surface area contributed by atoms with E-state index >= 15 is 0 Å². The molecule has 1 aliphatic carbocycles. The molecule has 0 aromatic carbocycles. The number of aryl methyl sites for hydroxylation is 1. The second-order valence-electron chi connectivity index (χ2n) is 8.43. The predicted octanol–water partition coefficient (Wildman–Crippen LogP) is 3.15.